The molecule has 0 bridgehead atoms. The predicted octanol–water partition coefficient (Wildman–Crippen LogP) is 1.28. The van der Waals surface area contributed by atoms with Crippen molar-refractivity contribution in [1.29, 1.82) is 0 Å². The zero-order chi connectivity index (χ0) is 12.8. The molecular weight excluding hydrogens is 222 g/mol. The van der Waals surface area contributed by atoms with Crippen molar-refractivity contribution >= 4 is 18.0 Å². The van der Waals surface area contributed by atoms with Gasteiger partial charge in [-0.15, -0.1) is 0 Å². The van der Waals surface area contributed by atoms with Crippen LogP contribution in [0.2, 0.25) is 0 Å². The van der Waals surface area contributed by atoms with E-state index < -0.39 is 11.9 Å². The number of rotatable bonds is 5. The Morgan fingerprint density at radius 3 is 2.71 bits per heavy atom. The molecule has 5 nitrogen and oxygen atoms in total. The minimum atomic E-state index is -1.06. The lowest BCUT2D eigenvalue weighted by Crippen LogP contribution is -2.07. The molecule has 0 unspecified atom stereocenters. The van der Waals surface area contributed by atoms with Crippen LogP contribution < -0.4 is 10.5 Å². The third kappa shape index (κ3) is 3.64. The Balaban J connectivity index is 2.96. The first-order valence-electron chi connectivity index (χ1n) is 4.90. The fourth-order valence-electron chi connectivity index (χ4n) is 1.31. The van der Waals surface area contributed by atoms with Gasteiger partial charge in [-0.2, -0.15) is 0 Å². The molecule has 0 spiro atoms. The van der Waals surface area contributed by atoms with Crippen molar-refractivity contribution in [2.75, 3.05) is 7.11 Å². The minimum Gasteiger partial charge on any atom is -0.496 e. The number of amides is 1. The monoisotopic (exact) mass is 235 g/mol. The average molecular weight is 235 g/mol. The normalized spacial score (nSPS) is 10.4. The number of primary amides is 1. The maximum Gasteiger partial charge on any atom is 0.339 e. The summed E-state index contributed by atoms with van der Waals surface area (Å²) in [5.74, 6) is -1.20. The van der Waals surface area contributed by atoms with Gasteiger partial charge in [-0.25, -0.2) is 4.79 Å². The van der Waals surface area contributed by atoms with Crippen LogP contribution >= 0.6 is 0 Å². The topological polar surface area (TPSA) is 89.6 Å². The van der Waals surface area contributed by atoms with Crippen molar-refractivity contribution < 1.29 is 19.4 Å². The number of ether oxygens (including phenoxy) is 1. The third-order valence-corrected chi connectivity index (χ3v) is 2.08. The minimum absolute atomic E-state index is 0.0775. The van der Waals surface area contributed by atoms with Crippen LogP contribution in [0.3, 0.4) is 0 Å². The van der Waals surface area contributed by atoms with Gasteiger partial charge in [0.15, 0.2) is 0 Å². The standard InChI is InChI=1S/C12H13NO4/c1-17-10-6-5-8(3-2-4-11(13)14)7-9(10)12(15)16/h2-3,5-7H,4H2,1H3,(H2,13,14)(H,15,16). The molecule has 3 N–H and O–H groups in total. The zero-order valence-corrected chi connectivity index (χ0v) is 9.34. The first kappa shape index (κ1) is 12.8. The highest BCUT2D eigenvalue weighted by atomic mass is 16.5. The van der Waals surface area contributed by atoms with Crippen molar-refractivity contribution in [1.82, 2.24) is 0 Å². The van der Waals surface area contributed by atoms with E-state index >= 15 is 0 Å². The Morgan fingerprint density at radius 1 is 1.47 bits per heavy atom. The van der Waals surface area contributed by atoms with E-state index in [2.05, 4.69) is 0 Å². The van der Waals surface area contributed by atoms with Crippen LogP contribution in [-0.4, -0.2) is 24.1 Å². The third-order valence-electron chi connectivity index (χ3n) is 2.08. The van der Waals surface area contributed by atoms with Gasteiger partial charge in [0.2, 0.25) is 5.91 Å². The molecule has 0 radical (unpaired) electrons. The van der Waals surface area contributed by atoms with E-state index in [0.29, 0.717) is 11.3 Å². The van der Waals surface area contributed by atoms with E-state index in [0.717, 1.165) is 0 Å². The molecule has 1 aromatic rings. The first-order valence-corrected chi connectivity index (χ1v) is 4.90. The van der Waals surface area contributed by atoms with Crippen molar-refractivity contribution in [3.63, 3.8) is 0 Å². The van der Waals surface area contributed by atoms with Crippen molar-refractivity contribution in [3.8, 4) is 5.75 Å². The highest BCUT2D eigenvalue weighted by Crippen LogP contribution is 2.20. The maximum atomic E-state index is 10.9. The van der Waals surface area contributed by atoms with Gasteiger partial charge < -0.3 is 15.6 Å². The summed E-state index contributed by atoms with van der Waals surface area (Å²) in [6, 6.07) is 4.73. The molecule has 1 aromatic carbocycles. The van der Waals surface area contributed by atoms with E-state index in [-0.39, 0.29) is 12.0 Å². The Morgan fingerprint density at radius 2 is 2.18 bits per heavy atom. The van der Waals surface area contributed by atoms with E-state index in [4.69, 9.17) is 15.6 Å². The molecule has 0 atom stereocenters. The van der Waals surface area contributed by atoms with Crippen molar-refractivity contribution in [2.24, 2.45) is 5.73 Å². The lowest BCUT2D eigenvalue weighted by atomic mass is 10.1. The van der Waals surface area contributed by atoms with Crippen molar-refractivity contribution in [3.05, 3.63) is 35.4 Å². The summed E-state index contributed by atoms with van der Waals surface area (Å²) in [7, 11) is 1.41. The van der Waals surface area contributed by atoms with Crippen molar-refractivity contribution in [2.45, 2.75) is 6.42 Å². The van der Waals surface area contributed by atoms with Gasteiger partial charge in [-0.3, -0.25) is 4.79 Å². The molecular formula is C12H13NO4. The lowest BCUT2D eigenvalue weighted by molar-refractivity contribution is -0.117. The zero-order valence-electron chi connectivity index (χ0n) is 9.34. The van der Waals surface area contributed by atoms with Gasteiger partial charge in [-0.1, -0.05) is 18.2 Å². The molecule has 0 aliphatic heterocycles. The number of hydrogen-bond acceptors (Lipinski definition) is 3. The van der Waals surface area contributed by atoms with Gasteiger partial charge in [0, 0.05) is 6.42 Å². The van der Waals surface area contributed by atoms with Crippen LogP contribution in [-0.2, 0) is 4.79 Å². The van der Waals surface area contributed by atoms with Gasteiger partial charge in [0.25, 0.3) is 0 Å². The van der Waals surface area contributed by atoms with Crippen LogP contribution in [0.1, 0.15) is 22.3 Å². The summed E-state index contributed by atoms with van der Waals surface area (Å²) >= 11 is 0. The SMILES string of the molecule is COc1ccc(C=CCC(N)=O)cc1C(=O)O. The fraction of sp³-hybridized carbons (Fsp3) is 0.167. The number of benzene rings is 1. The number of aromatic carboxylic acids is 1. The van der Waals surface area contributed by atoms with Crippen LogP contribution in [0.15, 0.2) is 24.3 Å². The molecule has 0 fully saturated rings. The molecule has 5 heteroatoms. The number of carbonyl (C=O) groups excluding carboxylic acids is 1. The molecule has 1 rings (SSSR count). The predicted molar refractivity (Wildman–Crippen MR) is 62.8 cm³/mol. The molecule has 90 valence electrons. The van der Waals surface area contributed by atoms with Gasteiger partial charge in [-0.05, 0) is 17.7 Å². The molecule has 1 amide bonds. The molecule has 0 aliphatic carbocycles. The van der Waals surface area contributed by atoms with Gasteiger partial charge in [0.05, 0.1) is 7.11 Å². The second kappa shape index (κ2) is 5.69. The summed E-state index contributed by atoms with van der Waals surface area (Å²) in [5, 5.41) is 8.96. The smallest absolute Gasteiger partial charge is 0.339 e. The number of carboxylic acids is 1. The number of hydrogen-bond donors (Lipinski definition) is 2. The summed E-state index contributed by atoms with van der Waals surface area (Å²) in [6.45, 7) is 0. The fourth-order valence-corrected chi connectivity index (χ4v) is 1.31. The lowest BCUT2D eigenvalue weighted by Gasteiger charge is -2.05. The van der Waals surface area contributed by atoms with Gasteiger partial charge in [0.1, 0.15) is 11.3 Å². The van der Waals surface area contributed by atoms with Crippen LogP contribution in [0.5, 0.6) is 5.75 Å². The summed E-state index contributed by atoms with van der Waals surface area (Å²) < 4.78 is 4.93. The Labute approximate surface area is 98.5 Å². The summed E-state index contributed by atoms with van der Waals surface area (Å²) in [5.41, 5.74) is 5.72. The Kier molecular flexibility index (Phi) is 4.28. The number of nitrogens with two attached hydrogens (primary N) is 1. The number of carboxylic acid groups (broad SMARTS) is 1. The van der Waals surface area contributed by atoms with Crippen LogP contribution in [0, 0.1) is 0 Å². The largest absolute Gasteiger partial charge is 0.496 e. The molecule has 0 saturated heterocycles. The number of carbonyl (C=O) groups is 2. The maximum absolute atomic E-state index is 10.9. The van der Waals surface area contributed by atoms with Crippen LogP contribution in [0.25, 0.3) is 6.08 Å². The number of methoxy groups -OCH3 is 1. The highest BCUT2D eigenvalue weighted by molar-refractivity contribution is 5.91. The van der Waals surface area contributed by atoms with E-state index in [1.807, 2.05) is 0 Å². The molecule has 0 aromatic heterocycles. The quantitative estimate of drug-likeness (QED) is 0.804. The average Bonchev–Trinajstić information content (AvgIpc) is 2.28. The Bertz CT molecular complexity index is 466. The molecule has 0 aliphatic rings. The van der Waals surface area contributed by atoms with Crippen LogP contribution in [0.4, 0.5) is 0 Å². The molecule has 17 heavy (non-hydrogen) atoms. The second-order valence-corrected chi connectivity index (χ2v) is 3.34. The van der Waals surface area contributed by atoms with E-state index in [1.54, 1.807) is 24.3 Å². The Hall–Kier alpha value is -2.30. The van der Waals surface area contributed by atoms with Gasteiger partial charge >= 0.3 is 5.97 Å². The second-order valence-electron chi connectivity index (χ2n) is 3.34. The highest BCUT2D eigenvalue weighted by Gasteiger charge is 2.10. The van der Waals surface area contributed by atoms with E-state index in [9.17, 15) is 9.59 Å². The molecule has 0 saturated carbocycles. The summed E-state index contributed by atoms with van der Waals surface area (Å²) in [4.78, 5) is 21.5. The molecule has 0 heterocycles. The first-order chi connectivity index (χ1) is 8.04. The summed E-state index contributed by atoms with van der Waals surface area (Å²) in [6.07, 6.45) is 3.33. The van der Waals surface area contributed by atoms with E-state index in [1.165, 1.54) is 13.2 Å².